The quantitative estimate of drug-likeness (QED) is 0.611. The fourth-order valence-electron chi connectivity index (χ4n) is 1.80. The number of halogens is 2. The van der Waals surface area contributed by atoms with E-state index >= 15 is 0 Å². The molecule has 0 saturated heterocycles. The van der Waals surface area contributed by atoms with Crippen molar-refractivity contribution in [3.8, 4) is 23.6 Å². The van der Waals surface area contributed by atoms with Crippen molar-refractivity contribution >= 4 is 31.9 Å². The van der Waals surface area contributed by atoms with Crippen LogP contribution in [-0.2, 0) is 0 Å². The van der Waals surface area contributed by atoms with Gasteiger partial charge in [-0.15, -0.1) is 0 Å². The summed E-state index contributed by atoms with van der Waals surface area (Å²) in [5.74, 6) is 1.40. The molecule has 0 aromatic heterocycles. The Morgan fingerprint density at radius 1 is 0.783 bits per heavy atom. The normalized spacial score (nSPS) is 9.74. The predicted molar refractivity (Wildman–Crippen MR) is 93.3 cm³/mol. The lowest BCUT2D eigenvalue weighted by Crippen LogP contribution is -2.05. The van der Waals surface area contributed by atoms with Crippen molar-refractivity contribution in [1.29, 1.82) is 10.5 Å². The summed E-state index contributed by atoms with van der Waals surface area (Å²) in [6, 6.07) is 14.5. The third-order valence-corrected chi connectivity index (χ3v) is 4.17. The van der Waals surface area contributed by atoms with Crippen molar-refractivity contribution < 1.29 is 9.47 Å². The van der Waals surface area contributed by atoms with E-state index in [4.69, 9.17) is 20.0 Å². The summed E-state index contributed by atoms with van der Waals surface area (Å²) >= 11 is 6.75. The first-order valence-electron chi connectivity index (χ1n) is 6.79. The summed E-state index contributed by atoms with van der Waals surface area (Å²) in [5.41, 5.74) is 1.16. The van der Waals surface area contributed by atoms with Crippen LogP contribution in [-0.4, -0.2) is 13.2 Å². The lowest BCUT2D eigenvalue weighted by Gasteiger charge is -2.10. The predicted octanol–water partition coefficient (Wildman–Crippen LogP) is 4.80. The number of nitriles is 2. The van der Waals surface area contributed by atoms with E-state index in [-0.39, 0.29) is 0 Å². The van der Waals surface area contributed by atoms with Crippen molar-refractivity contribution in [2.75, 3.05) is 13.2 Å². The molecule has 0 aliphatic heterocycles. The Bertz CT molecular complexity index is 714. The maximum Gasteiger partial charge on any atom is 0.133 e. The third kappa shape index (κ3) is 4.99. The van der Waals surface area contributed by atoms with E-state index in [1.54, 1.807) is 36.4 Å². The van der Waals surface area contributed by atoms with Crippen LogP contribution in [0.1, 0.15) is 17.5 Å². The molecule has 2 aromatic rings. The molecule has 0 aliphatic carbocycles. The van der Waals surface area contributed by atoms with E-state index in [0.717, 1.165) is 8.95 Å². The average molecular weight is 436 g/mol. The second-order valence-corrected chi connectivity index (χ2v) is 6.27. The summed E-state index contributed by atoms with van der Waals surface area (Å²) in [6.07, 6.45) is 0.707. The van der Waals surface area contributed by atoms with Gasteiger partial charge >= 0.3 is 0 Å². The van der Waals surface area contributed by atoms with Gasteiger partial charge in [0.15, 0.2) is 0 Å². The molecule has 0 bridgehead atoms. The highest BCUT2D eigenvalue weighted by molar-refractivity contribution is 9.10. The Morgan fingerprint density at radius 2 is 1.22 bits per heavy atom. The van der Waals surface area contributed by atoms with Gasteiger partial charge in [-0.25, -0.2) is 0 Å². The van der Waals surface area contributed by atoms with Gasteiger partial charge in [0.25, 0.3) is 0 Å². The fraction of sp³-hybridized carbons (Fsp3) is 0.176. The van der Waals surface area contributed by atoms with Gasteiger partial charge in [0.2, 0.25) is 0 Å². The van der Waals surface area contributed by atoms with Gasteiger partial charge in [0, 0.05) is 6.42 Å². The Kier molecular flexibility index (Phi) is 6.46. The van der Waals surface area contributed by atoms with Gasteiger partial charge in [0.05, 0.1) is 45.4 Å². The van der Waals surface area contributed by atoms with Crippen LogP contribution in [0.2, 0.25) is 0 Å². The van der Waals surface area contributed by atoms with Crippen LogP contribution in [0.4, 0.5) is 0 Å². The second-order valence-electron chi connectivity index (χ2n) is 4.56. The molecule has 4 nitrogen and oxygen atoms in total. The zero-order chi connectivity index (χ0) is 16.7. The number of nitrogens with zero attached hydrogens (tertiary/aromatic N) is 2. The molecule has 116 valence electrons. The molecule has 0 fully saturated rings. The van der Waals surface area contributed by atoms with Gasteiger partial charge in [0.1, 0.15) is 11.5 Å². The molecule has 6 heteroatoms. The molecular weight excluding hydrogens is 424 g/mol. The number of hydrogen-bond donors (Lipinski definition) is 0. The monoisotopic (exact) mass is 434 g/mol. The summed E-state index contributed by atoms with van der Waals surface area (Å²) in [5, 5.41) is 17.6. The Balaban J connectivity index is 1.78. The molecule has 2 rings (SSSR count). The lowest BCUT2D eigenvalue weighted by atomic mass is 10.2. The molecule has 0 heterocycles. The maximum atomic E-state index is 8.81. The summed E-state index contributed by atoms with van der Waals surface area (Å²) in [7, 11) is 0. The first kappa shape index (κ1) is 17.3. The molecule has 0 N–H and O–H groups in total. The number of ether oxygens (including phenoxy) is 2. The van der Waals surface area contributed by atoms with Gasteiger partial charge in [-0.05, 0) is 68.3 Å². The molecule has 0 aliphatic rings. The molecule has 0 amide bonds. The van der Waals surface area contributed by atoms with Crippen LogP contribution in [0, 0.1) is 22.7 Å². The smallest absolute Gasteiger partial charge is 0.133 e. The molecular formula is C17H12Br2N2O2. The summed E-state index contributed by atoms with van der Waals surface area (Å²) in [4.78, 5) is 0. The first-order valence-corrected chi connectivity index (χ1v) is 8.37. The van der Waals surface area contributed by atoms with E-state index in [1.807, 2.05) is 0 Å². The summed E-state index contributed by atoms with van der Waals surface area (Å²) < 4.78 is 12.8. The van der Waals surface area contributed by atoms with Gasteiger partial charge in [-0.3, -0.25) is 0 Å². The third-order valence-electron chi connectivity index (χ3n) is 2.93. The van der Waals surface area contributed by atoms with Crippen molar-refractivity contribution in [3.05, 3.63) is 56.5 Å². The first-order chi connectivity index (χ1) is 11.1. The molecule has 0 atom stereocenters. The van der Waals surface area contributed by atoms with Gasteiger partial charge < -0.3 is 9.47 Å². The van der Waals surface area contributed by atoms with E-state index in [2.05, 4.69) is 44.0 Å². The Hall–Kier alpha value is -2.02. The average Bonchev–Trinajstić information content (AvgIpc) is 2.56. The molecule has 0 unspecified atom stereocenters. The largest absolute Gasteiger partial charge is 0.492 e. The highest BCUT2D eigenvalue weighted by Gasteiger charge is 2.04. The molecule has 0 radical (unpaired) electrons. The number of hydrogen-bond acceptors (Lipinski definition) is 4. The van der Waals surface area contributed by atoms with Crippen LogP contribution in [0.5, 0.6) is 11.5 Å². The number of rotatable bonds is 6. The maximum absolute atomic E-state index is 8.81. The minimum atomic E-state index is 0.498. The number of benzene rings is 2. The molecule has 0 spiro atoms. The Morgan fingerprint density at radius 3 is 1.57 bits per heavy atom. The van der Waals surface area contributed by atoms with Crippen molar-refractivity contribution in [2.45, 2.75) is 6.42 Å². The molecule has 2 aromatic carbocycles. The SMILES string of the molecule is N#Cc1ccc(OCCCOc2ccc(C#N)cc2Br)c(Br)c1. The van der Waals surface area contributed by atoms with Gasteiger partial charge in [-0.1, -0.05) is 0 Å². The highest BCUT2D eigenvalue weighted by atomic mass is 79.9. The van der Waals surface area contributed by atoms with Crippen LogP contribution >= 0.6 is 31.9 Å². The Labute approximate surface area is 151 Å². The van der Waals surface area contributed by atoms with Crippen LogP contribution in [0.3, 0.4) is 0 Å². The molecule has 0 saturated carbocycles. The van der Waals surface area contributed by atoms with Crippen LogP contribution < -0.4 is 9.47 Å². The van der Waals surface area contributed by atoms with E-state index in [9.17, 15) is 0 Å². The fourth-order valence-corrected chi connectivity index (χ4v) is 2.78. The molecule has 23 heavy (non-hydrogen) atoms. The van der Waals surface area contributed by atoms with Gasteiger partial charge in [-0.2, -0.15) is 10.5 Å². The van der Waals surface area contributed by atoms with Crippen molar-refractivity contribution in [2.24, 2.45) is 0 Å². The minimum Gasteiger partial charge on any atom is -0.492 e. The van der Waals surface area contributed by atoms with Crippen LogP contribution in [0.25, 0.3) is 0 Å². The van der Waals surface area contributed by atoms with Crippen molar-refractivity contribution in [3.63, 3.8) is 0 Å². The topological polar surface area (TPSA) is 66.0 Å². The summed E-state index contributed by atoms with van der Waals surface area (Å²) in [6.45, 7) is 0.997. The van der Waals surface area contributed by atoms with E-state index in [0.29, 0.717) is 42.3 Å². The zero-order valence-electron chi connectivity index (χ0n) is 12.1. The minimum absolute atomic E-state index is 0.498. The van der Waals surface area contributed by atoms with Crippen LogP contribution in [0.15, 0.2) is 45.3 Å². The second kappa shape index (κ2) is 8.57. The van der Waals surface area contributed by atoms with E-state index in [1.165, 1.54) is 0 Å². The highest BCUT2D eigenvalue weighted by Crippen LogP contribution is 2.27. The lowest BCUT2D eigenvalue weighted by molar-refractivity contribution is 0.246. The van der Waals surface area contributed by atoms with Crippen molar-refractivity contribution in [1.82, 2.24) is 0 Å². The van der Waals surface area contributed by atoms with E-state index < -0.39 is 0 Å². The standard InChI is InChI=1S/C17H12Br2N2O2/c18-14-8-12(10-20)2-4-16(14)22-6-1-7-23-17-5-3-13(11-21)9-15(17)19/h2-5,8-9H,1,6-7H2. The zero-order valence-corrected chi connectivity index (χ0v) is 15.2.